The lowest BCUT2D eigenvalue weighted by atomic mass is 10.2. The molecule has 1 aliphatic carbocycles. The molecule has 0 amide bonds. The SMILES string of the molecule is COCCNCC(O)CN(C)C(C)C1CC1. The number of nitrogens with zero attached hydrogens (tertiary/aromatic N) is 1. The molecule has 0 aromatic rings. The molecule has 0 aromatic heterocycles. The highest BCUT2D eigenvalue weighted by Crippen LogP contribution is 2.34. The Bertz CT molecular complexity index is 186. The number of hydrogen-bond donors (Lipinski definition) is 2. The van der Waals surface area contributed by atoms with Gasteiger partial charge in [0.1, 0.15) is 0 Å². The van der Waals surface area contributed by atoms with Crippen LogP contribution in [0.4, 0.5) is 0 Å². The van der Waals surface area contributed by atoms with Gasteiger partial charge in [0, 0.05) is 32.8 Å². The Kier molecular flexibility index (Phi) is 6.28. The standard InChI is InChI=1S/C12H26N2O2/c1-10(11-4-5-11)14(2)9-12(15)8-13-6-7-16-3/h10-13,15H,4-9H2,1-3H3. The number of rotatable bonds is 9. The van der Waals surface area contributed by atoms with Gasteiger partial charge in [0.05, 0.1) is 12.7 Å². The van der Waals surface area contributed by atoms with E-state index in [2.05, 4.69) is 24.2 Å². The predicted molar refractivity (Wildman–Crippen MR) is 65.6 cm³/mol. The van der Waals surface area contributed by atoms with E-state index in [1.807, 2.05) is 0 Å². The van der Waals surface area contributed by atoms with E-state index in [1.165, 1.54) is 12.8 Å². The Hall–Kier alpha value is -0.160. The Balaban J connectivity index is 2.05. The summed E-state index contributed by atoms with van der Waals surface area (Å²) in [4.78, 5) is 2.26. The molecule has 0 aliphatic heterocycles. The lowest BCUT2D eigenvalue weighted by molar-refractivity contribution is 0.0989. The van der Waals surface area contributed by atoms with E-state index in [0.29, 0.717) is 19.2 Å². The van der Waals surface area contributed by atoms with Gasteiger partial charge in [0.25, 0.3) is 0 Å². The number of ether oxygens (including phenoxy) is 1. The van der Waals surface area contributed by atoms with E-state index in [-0.39, 0.29) is 6.10 Å². The minimum Gasteiger partial charge on any atom is -0.390 e. The molecule has 96 valence electrons. The zero-order valence-corrected chi connectivity index (χ0v) is 10.8. The molecule has 0 aromatic carbocycles. The molecular formula is C12H26N2O2. The summed E-state index contributed by atoms with van der Waals surface area (Å²) in [5.74, 6) is 0.860. The molecule has 1 fully saturated rings. The second kappa shape index (κ2) is 7.22. The minimum atomic E-state index is -0.289. The maximum Gasteiger partial charge on any atom is 0.0791 e. The molecule has 0 spiro atoms. The summed E-state index contributed by atoms with van der Waals surface area (Å²) in [5.41, 5.74) is 0. The van der Waals surface area contributed by atoms with Crippen LogP contribution in [-0.4, -0.2) is 62.6 Å². The summed E-state index contributed by atoms with van der Waals surface area (Å²) in [7, 11) is 3.78. The van der Waals surface area contributed by atoms with Crippen LogP contribution in [0.5, 0.6) is 0 Å². The molecule has 2 N–H and O–H groups in total. The van der Waals surface area contributed by atoms with E-state index in [4.69, 9.17) is 4.74 Å². The van der Waals surface area contributed by atoms with Crippen LogP contribution in [0.15, 0.2) is 0 Å². The average molecular weight is 230 g/mol. The van der Waals surface area contributed by atoms with E-state index in [9.17, 15) is 5.11 Å². The van der Waals surface area contributed by atoms with Crippen molar-refractivity contribution in [1.82, 2.24) is 10.2 Å². The van der Waals surface area contributed by atoms with Gasteiger partial charge in [0.15, 0.2) is 0 Å². The second-order valence-corrected chi connectivity index (χ2v) is 4.87. The number of methoxy groups -OCH3 is 1. The van der Waals surface area contributed by atoms with Crippen LogP contribution in [0.3, 0.4) is 0 Å². The van der Waals surface area contributed by atoms with Crippen LogP contribution < -0.4 is 5.32 Å². The fourth-order valence-corrected chi connectivity index (χ4v) is 1.94. The third kappa shape index (κ3) is 5.25. The Labute approximate surface area is 99.0 Å². The number of aliphatic hydroxyl groups excluding tert-OH is 1. The van der Waals surface area contributed by atoms with E-state index in [1.54, 1.807) is 7.11 Å². The molecule has 2 atom stereocenters. The zero-order chi connectivity index (χ0) is 12.0. The highest BCUT2D eigenvalue weighted by Gasteiger charge is 2.30. The van der Waals surface area contributed by atoms with Crippen LogP contribution >= 0.6 is 0 Å². The van der Waals surface area contributed by atoms with Crippen molar-refractivity contribution in [2.45, 2.75) is 31.9 Å². The third-order valence-corrected chi connectivity index (χ3v) is 3.36. The first-order valence-electron chi connectivity index (χ1n) is 6.23. The summed E-state index contributed by atoms with van der Waals surface area (Å²) < 4.78 is 4.93. The van der Waals surface area contributed by atoms with Gasteiger partial charge in [0.2, 0.25) is 0 Å². The molecule has 4 nitrogen and oxygen atoms in total. The van der Waals surface area contributed by atoms with Crippen molar-refractivity contribution in [3.05, 3.63) is 0 Å². The van der Waals surface area contributed by atoms with Gasteiger partial charge in [-0.05, 0) is 32.7 Å². The summed E-state index contributed by atoms with van der Waals surface area (Å²) in [6.45, 7) is 5.14. The zero-order valence-electron chi connectivity index (χ0n) is 10.8. The van der Waals surface area contributed by atoms with Gasteiger partial charge in [-0.25, -0.2) is 0 Å². The molecule has 1 saturated carbocycles. The van der Waals surface area contributed by atoms with Gasteiger partial charge >= 0.3 is 0 Å². The topological polar surface area (TPSA) is 44.7 Å². The smallest absolute Gasteiger partial charge is 0.0791 e. The van der Waals surface area contributed by atoms with Crippen molar-refractivity contribution in [3.63, 3.8) is 0 Å². The van der Waals surface area contributed by atoms with Crippen molar-refractivity contribution in [1.29, 1.82) is 0 Å². The van der Waals surface area contributed by atoms with Gasteiger partial charge in [-0.15, -0.1) is 0 Å². The summed E-state index contributed by atoms with van der Waals surface area (Å²) >= 11 is 0. The van der Waals surface area contributed by atoms with Crippen LogP contribution in [0, 0.1) is 5.92 Å². The number of likely N-dealkylation sites (N-methyl/N-ethyl adjacent to an activating group) is 1. The molecule has 1 aliphatic rings. The monoisotopic (exact) mass is 230 g/mol. The van der Waals surface area contributed by atoms with Crippen LogP contribution in [0.1, 0.15) is 19.8 Å². The van der Waals surface area contributed by atoms with Crippen LogP contribution in [0.25, 0.3) is 0 Å². The number of nitrogens with one attached hydrogen (secondary N) is 1. The average Bonchev–Trinajstić information content (AvgIpc) is 3.07. The van der Waals surface area contributed by atoms with Gasteiger partial charge in [-0.3, -0.25) is 0 Å². The van der Waals surface area contributed by atoms with Crippen molar-refractivity contribution in [2.24, 2.45) is 5.92 Å². The van der Waals surface area contributed by atoms with Crippen LogP contribution in [0.2, 0.25) is 0 Å². The molecule has 0 bridgehead atoms. The molecule has 1 rings (SSSR count). The highest BCUT2D eigenvalue weighted by atomic mass is 16.5. The minimum absolute atomic E-state index is 0.289. The van der Waals surface area contributed by atoms with E-state index >= 15 is 0 Å². The fourth-order valence-electron chi connectivity index (χ4n) is 1.94. The number of aliphatic hydroxyl groups is 1. The first kappa shape index (κ1) is 13.9. The largest absolute Gasteiger partial charge is 0.390 e. The fraction of sp³-hybridized carbons (Fsp3) is 1.00. The van der Waals surface area contributed by atoms with Gasteiger partial charge in [-0.1, -0.05) is 0 Å². The Morgan fingerprint density at radius 3 is 2.75 bits per heavy atom. The van der Waals surface area contributed by atoms with E-state index in [0.717, 1.165) is 19.0 Å². The first-order valence-corrected chi connectivity index (χ1v) is 6.23. The maximum atomic E-state index is 9.83. The van der Waals surface area contributed by atoms with Crippen molar-refractivity contribution in [3.8, 4) is 0 Å². The quantitative estimate of drug-likeness (QED) is 0.560. The predicted octanol–water partition coefficient (Wildman–Crippen LogP) is 0.314. The summed E-state index contributed by atoms with van der Waals surface area (Å²) in [6.07, 6.45) is 2.42. The summed E-state index contributed by atoms with van der Waals surface area (Å²) in [6, 6.07) is 0.605. The maximum absolute atomic E-state index is 9.83. The Morgan fingerprint density at radius 2 is 2.19 bits per heavy atom. The molecule has 0 heterocycles. The molecular weight excluding hydrogens is 204 g/mol. The van der Waals surface area contributed by atoms with Crippen LogP contribution in [-0.2, 0) is 4.74 Å². The molecule has 16 heavy (non-hydrogen) atoms. The molecule has 0 saturated heterocycles. The van der Waals surface area contributed by atoms with Crippen molar-refractivity contribution >= 4 is 0 Å². The second-order valence-electron chi connectivity index (χ2n) is 4.87. The molecule has 2 unspecified atom stereocenters. The van der Waals surface area contributed by atoms with Gasteiger partial charge < -0.3 is 20.1 Å². The highest BCUT2D eigenvalue weighted by molar-refractivity contribution is 4.84. The molecule has 0 radical (unpaired) electrons. The lowest BCUT2D eigenvalue weighted by Crippen LogP contribution is -2.41. The first-order chi connectivity index (χ1) is 7.65. The Morgan fingerprint density at radius 1 is 1.50 bits per heavy atom. The normalized spacial score (nSPS) is 20.1. The van der Waals surface area contributed by atoms with Crippen molar-refractivity contribution in [2.75, 3.05) is 40.4 Å². The lowest BCUT2D eigenvalue weighted by Gasteiger charge is -2.27. The third-order valence-electron chi connectivity index (χ3n) is 3.36. The van der Waals surface area contributed by atoms with Crippen molar-refractivity contribution < 1.29 is 9.84 Å². The molecule has 4 heteroatoms. The van der Waals surface area contributed by atoms with Gasteiger partial charge in [-0.2, -0.15) is 0 Å². The summed E-state index contributed by atoms with van der Waals surface area (Å²) in [5, 5.41) is 13.0. The number of hydrogen-bond acceptors (Lipinski definition) is 4. The van der Waals surface area contributed by atoms with E-state index < -0.39 is 0 Å².